The van der Waals surface area contributed by atoms with E-state index in [1.54, 1.807) is 4.57 Å². The Balaban J connectivity index is 0.00000192. The highest BCUT2D eigenvalue weighted by atomic mass is 35.5. The summed E-state index contributed by atoms with van der Waals surface area (Å²) < 4.78 is 22.0. The molecule has 1 aromatic heterocycles. The van der Waals surface area contributed by atoms with Crippen molar-refractivity contribution in [3.05, 3.63) is 32.7 Å². The number of nitrogens with one attached hydrogen (secondary N) is 1. The fourth-order valence-electron chi connectivity index (χ4n) is 5.02. The maximum atomic E-state index is 15.1. The van der Waals surface area contributed by atoms with E-state index in [9.17, 15) is 9.59 Å². The van der Waals surface area contributed by atoms with Gasteiger partial charge in [0.1, 0.15) is 11.3 Å². The normalized spacial score (nSPS) is 26.4. The number of aromatic nitrogens is 2. The number of anilines is 1. The van der Waals surface area contributed by atoms with Gasteiger partial charge >= 0.3 is 5.69 Å². The summed E-state index contributed by atoms with van der Waals surface area (Å²) in [5.41, 5.74) is 5.85. The van der Waals surface area contributed by atoms with Crippen molar-refractivity contribution in [1.29, 1.82) is 0 Å². The molecule has 5 rings (SSSR count). The Labute approximate surface area is 167 Å². The first-order valence-corrected chi connectivity index (χ1v) is 9.55. The van der Waals surface area contributed by atoms with Crippen molar-refractivity contribution in [2.75, 3.05) is 25.1 Å². The molecule has 0 spiro atoms. The average Bonchev–Trinajstić information content (AvgIpc) is 3.28. The van der Waals surface area contributed by atoms with Gasteiger partial charge in [0, 0.05) is 31.2 Å². The molecule has 2 saturated carbocycles. The predicted molar refractivity (Wildman–Crippen MR) is 107 cm³/mol. The van der Waals surface area contributed by atoms with E-state index in [-0.39, 0.29) is 41.3 Å². The summed E-state index contributed by atoms with van der Waals surface area (Å²) >= 11 is 0. The van der Waals surface area contributed by atoms with Crippen LogP contribution in [0.3, 0.4) is 0 Å². The molecule has 1 aromatic carbocycles. The van der Waals surface area contributed by atoms with E-state index in [1.165, 1.54) is 13.2 Å². The monoisotopic (exact) mass is 410 g/mol. The first-order chi connectivity index (χ1) is 13.0. The molecule has 3 aliphatic rings. The third kappa shape index (κ3) is 2.73. The van der Waals surface area contributed by atoms with Gasteiger partial charge in [-0.3, -0.25) is 14.3 Å². The van der Waals surface area contributed by atoms with Gasteiger partial charge in [-0.15, -0.1) is 12.4 Å². The van der Waals surface area contributed by atoms with E-state index in [4.69, 9.17) is 10.5 Å². The van der Waals surface area contributed by atoms with Crippen molar-refractivity contribution in [2.24, 2.45) is 17.6 Å². The lowest BCUT2D eigenvalue weighted by Crippen LogP contribution is -2.33. The molecule has 3 atom stereocenters. The zero-order valence-corrected chi connectivity index (χ0v) is 16.4. The zero-order valence-electron chi connectivity index (χ0n) is 15.6. The fraction of sp³-hybridized carbons (Fsp3) is 0.579. The van der Waals surface area contributed by atoms with Crippen molar-refractivity contribution in [2.45, 2.75) is 37.8 Å². The lowest BCUT2D eigenvalue weighted by Gasteiger charge is -2.24. The number of nitrogens with two attached hydrogens (primary N) is 1. The SMILES string of the molecule is COc1cc(F)c(N2CC3C(N)CC[C@H]3C2)c2c(=O)[nH]c(=O)n(C3CC3)c12.Cl. The molecule has 28 heavy (non-hydrogen) atoms. The number of hydrogen-bond acceptors (Lipinski definition) is 5. The van der Waals surface area contributed by atoms with Gasteiger partial charge in [0.25, 0.3) is 5.56 Å². The maximum absolute atomic E-state index is 15.1. The highest BCUT2D eigenvalue weighted by Gasteiger charge is 2.42. The summed E-state index contributed by atoms with van der Waals surface area (Å²) in [6, 6.07) is 1.44. The number of methoxy groups -OCH3 is 1. The highest BCUT2D eigenvalue weighted by molar-refractivity contribution is 5.96. The minimum absolute atomic E-state index is 0. The largest absolute Gasteiger partial charge is 0.494 e. The van der Waals surface area contributed by atoms with Crippen molar-refractivity contribution < 1.29 is 9.13 Å². The molecule has 0 amide bonds. The Morgan fingerprint density at radius 3 is 2.61 bits per heavy atom. The molecule has 3 N–H and O–H groups in total. The van der Waals surface area contributed by atoms with Gasteiger partial charge in [0.2, 0.25) is 0 Å². The molecule has 0 bridgehead atoms. The molecule has 7 nitrogen and oxygen atoms in total. The Morgan fingerprint density at radius 2 is 1.96 bits per heavy atom. The minimum atomic E-state index is -0.568. The second-order valence-electron chi connectivity index (χ2n) is 8.06. The third-order valence-corrected chi connectivity index (χ3v) is 6.46. The molecule has 2 aromatic rings. The highest BCUT2D eigenvalue weighted by Crippen LogP contribution is 2.44. The number of hydrogen-bond donors (Lipinski definition) is 2. The number of aromatic amines is 1. The molecule has 9 heteroatoms. The van der Waals surface area contributed by atoms with E-state index in [0.29, 0.717) is 30.4 Å². The third-order valence-electron chi connectivity index (χ3n) is 6.46. The van der Waals surface area contributed by atoms with Crippen LogP contribution in [0.1, 0.15) is 31.7 Å². The van der Waals surface area contributed by atoms with E-state index >= 15 is 4.39 Å². The van der Waals surface area contributed by atoms with Crippen LogP contribution in [-0.4, -0.2) is 35.8 Å². The fourth-order valence-corrected chi connectivity index (χ4v) is 5.02. The number of halogens is 2. The van der Waals surface area contributed by atoms with Gasteiger partial charge in [0.05, 0.1) is 18.2 Å². The summed E-state index contributed by atoms with van der Waals surface area (Å²) in [6.07, 6.45) is 3.75. The molecule has 1 saturated heterocycles. The van der Waals surface area contributed by atoms with Gasteiger partial charge < -0.3 is 15.4 Å². The van der Waals surface area contributed by atoms with Crippen LogP contribution in [0.5, 0.6) is 5.75 Å². The molecule has 3 fully saturated rings. The van der Waals surface area contributed by atoms with Crippen LogP contribution < -0.4 is 26.6 Å². The van der Waals surface area contributed by atoms with Crippen LogP contribution in [-0.2, 0) is 0 Å². The standard InChI is InChI=1S/C19H23FN4O3.ClH/c1-27-14-6-12(20)16(23-7-9-2-5-13(21)11(9)8-23)15-17(14)24(10-3-4-10)19(26)22-18(15)25;/h6,9-11,13H,2-5,7-8,21H2,1H3,(H,22,25,26);1H/t9-,11?,13?;/m0./s1. The quantitative estimate of drug-likeness (QED) is 0.804. The Morgan fingerprint density at radius 1 is 1.21 bits per heavy atom. The summed E-state index contributed by atoms with van der Waals surface area (Å²) in [4.78, 5) is 29.5. The summed E-state index contributed by atoms with van der Waals surface area (Å²) in [7, 11) is 1.43. The first-order valence-electron chi connectivity index (χ1n) is 9.55. The second-order valence-corrected chi connectivity index (χ2v) is 8.06. The molecular formula is C19H24ClFN4O3. The molecule has 1 aliphatic heterocycles. The van der Waals surface area contributed by atoms with Crippen LogP contribution in [0.2, 0.25) is 0 Å². The van der Waals surface area contributed by atoms with Crippen LogP contribution >= 0.6 is 12.4 Å². The lowest BCUT2D eigenvalue weighted by atomic mass is 9.98. The zero-order chi connectivity index (χ0) is 18.9. The van der Waals surface area contributed by atoms with Gasteiger partial charge in [-0.1, -0.05) is 0 Å². The second kappa shape index (κ2) is 6.77. The Kier molecular flexibility index (Phi) is 4.66. The van der Waals surface area contributed by atoms with Gasteiger partial charge in [-0.2, -0.15) is 0 Å². The van der Waals surface area contributed by atoms with Gasteiger partial charge in [-0.05, 0) is 37.5 Å². The maximum Gasteiger partial charge on any atom is 0.329 e. The summed E-state index contributed by atoms with van der Waals surface area (Å²) in [5.74, 6) is 0.455. The molecule has 2 unspecified atom stereocenters. The number of fused-ring (bicyclic) bond motifs is 2. The van der Waals surface area contributed by atoms with Crippen LogP contribution in [0.4, 0.5) is 10.1 Å². The Hall–Kier alpha value is -2.06. The average molecular weight is 411 g/mol. The van der Waals surface area contributed by atoms with Crippen molar-refractivity contribution in [3.63, 3.8) is 0 Å². The number of benzene rings is 1. The number of nitrogens with zero attached hydrogens (tertiary/aromatic N) is 2. The molecule has 0 radical (unpaired) electrons. The van der Waals surface area contributed by atoms with Crippen molar-refractivity contribution >= 4 is 29.0 Å². The molecule has 2 heterocycles. The van der Waals surface area contributed by atoms with E-state index < -0.39 is 17.1 Å². The Bertz CT molecular complexity index is 1050. The topological polar surface area (TPSA) is 93.3 Å². The predicted octanol–water partition coefficient (Wildman–Crippen LogP) is 1.77. The van der Waals surface area contributed by atoms with E-state index in [1.807, 2.05) is 4.90 Å². The molecule has 152 valence electrons. The number of ether oxygens (including phenoxy) is 1. The summed E-state index contributed by atoms with van der Waals surface area (Å²) in [6.45, 7) is 1.31. The smallest absolute Gasteiger partial charge is 0.329 e. The van der Waals surface area contributed by atoms with Gasteiger partial charge in [0.15, 0.2) is 5.82 Å². The van der Waals surface area contributed by atoms with Gasteiger partial charge in [-0.25, -0.2) is 9.18 Å². The number of rotatable bonds is 3. The van der Waals surface area contributed by atoms with Crippen LogP contribution in [0.15, 0.2) is 15.7 Å². The molecular weight excluding hydrogens is 387 g/mol. The van der Waals surface area contributed by atoms with E-state index in [2.05, 4.69) is 4.98 Å². The van der Waals surface area contributed by atoms with E-state index in [0.717, 1.165) is 25.7 Å². The van der Waals surface area contributed by atoms with Crippen molar-refractivity contribution in [3.8, 4) is 5.75 Å². The van der Waals surface area contributed by atoms with Crippen LogP contribution in [0, 0.1) is 17.7 Å². The molecule has 2 aliphatic carbocycles. The number of H-pyrrole nitrogens is 1. The minimum Gasteiger partial charge on any atom is -0.494 e. The van der Waals surface area contributed by atoms with Crippen molar-refractivity contribution in [1.82, 2.24) is 9.55 Å². The first kappa shape index (κ1) is 19.3. The summed E-state index contributed by atoms with van der Waals surface area (Å²) in [5, 5.41) is 0.201. The lowest BCUT2D eigenvalue weighted by molar-refractivity contribution is 0.413. The van der Waals surface area contributed by atoms with Crippen LogP contribution in [0.25, 0.3) is 10.9 Å².